The Labute approximate surface area is 200 Å². The first kappa shape index (κ1) is 25.1. The molecular formula is C21H34IN5O2S. The van der Waals surface area contributed by atoms with Crippen molar-refractivity contribution in [2.75, 3.05) is 40.8 Å². The van der Waals surface area contributed by atoms with E-state index >= 15 is 0 Å². The molecule has 0 saturated carbocycles. The molecule has 1 aliphatic heterocycles. The van der Waals surface area contributed by atoms with E-state index in [-0.39, 0.29) is 36.1 Å². The topological polar surface area (TPSA) is 66.1 Å². The SMILES string of the molecule is CN=C(NCC(c1ccco1)N1CCCCC1)N(C)Cc1csc(C(C)OC)n1.I. The molecule has 3 heterocycles. The fraction of sp³-hybridized carbons (Fsp3) is 0.619. The summed E-state index contributed by atoms with van der Waals surface area (Å²) in [5.41, 5.74) is 1.03. The van der Waals surface area contributed by atoms with Crippen LogP contribution >= 0.6 is 35.3 Å². The molecule has 0 radical (unpaired) electrons. The van der Waals surface area contributed by atoms with Crippen molar-refractivity contribution in [1.82, 2.24) is 20.1 Å². The molecule has 0 spiro atoms. The zero-order chi connectivity index (χ0) is 20.6. The van der Waals surface area contributed by atoms with Crippen LogP contribution in [0.25, 0.3) is 0 Å². The number of aromatic nitrogens is 1. The first-order valence-corrected chi connectivity index (χ1v) is 11.2. The van der Waals surface area contributed by atoms with Crippen LogP contribution in [0.4, 0.5) is 0 Å². The minimum atomic E-state index is 0. The Hall–Kier alpha value is -1.17. The van der Waals surface area contributed by atoms with Crippen molar-refractivity contribution < 1.29 is 9.15 Å². The van der Waals surface area contributed by atoms with Gasteiger partial charge >= 0.3 is 0 Å². The van der Waals surface area contributed by atoms with Gasteiger partial charge in [0, 0.05) is 33.1 Å². The number of likely N-dealkylation sites (tertiary alicyclic amines) is 1. The second-order valence-electron chi connectivity index (χ2n) is 7.47. The highest BCUT2D eigenvalue weighted by atomic mass is 127. The van der Waals surface area contributed by atoms with Crippen LogP contribution in [0.1, 0.15) is 54.8 Å². The summed E-state index contributed by atoms with van der Waals surface area (Å²) in [6, 6.07) is 4.25. The molecule has 0 bridgehead atoms. The van der Waals surface area contributed by atoms with E-state index in [0.717, 1.165) is 42.1 Å². The van der Waals surface area contributed by atoms with Gasteiger partial charge < -0.3 is 19.4 Å². The van der Waals surface area contributed by atoms with Gasteiger partial charge in [0.05, 0.1) is 24.5 Å². The van der Waals surface area contributed by atoms with Gasteiger partial charge in [0.2, 0.25) is 0 Å². The zero-order valence-electron chi connectivity index (χ0n) is 18.3. The van der Waals surface area contributed by atoms with Crippen LogP contribution in [0.2, 0.25) is 0 Å². The van der Waals surface area contributed by atoms with Crippen LogP contribution in [-0.2, 0) is 11.3 Å². The third-order valence-corrected chi connectivity index (χ3v) is 6.45. The number of rotatable bonds is 8. The third-order valence-electron chi connectivity index (χ3n) is 5.40. The van der Waals surface area contributed by atoms with Crippen molar-refractivity contribution in [3.05, 3.63) is 40.2 Å². The number of nitrogens with one attached hydrogen (secondary N) is 1. The first-order chi connectivity index (χ1) is 14.1. The number of halogens is 1. The van der Waals surface area contributed by atoms with E-state index in [0.29, 0.717) is 6.54 Å². The Kier molecular flexibility index (Phi) is 10.6. The van der Waals surface area contributed by atoms with Gasteiger partial charge in [-0.15, -0.1) is 35.3 Å². The zero-order valence-corrected chi connectivity index (χ0v) is 21.5. The molecule has 1 fully saturated rings. The molecule has 0 aliphatic carbocycles. The molecule has 1 saturated heterocycles. The highest BCUT2D eigenvalue weighted by Gasteiger charge is 2.25. The van der Waals surface area contributed by atoms with Gasteiger partial charge in [-0.3, -0.25) is 9.89 Å². The Bertz CT molecular complexity index is 761. The lowest BCUT2D eigenvalue weighted by Gasteiger charge is -2.34. The maximum atomic E-state index is 5.75. The van der Waals surface area contributed by atoms with Crippen molar-refractivity contribution in [2.24, 2.45) is 4.99 Å². The maximum absolute atomic E-state index is 5.75. The van der Waals surface area contributed by atoms with Crippen molar-refractivity contribution in [3.63, 3.8) is 0 Å². The predicted molar refractivity (Wildman–Crippen MR) is 133 cm³/mol. The molecule has 1 aliphatic rings. The summed E-state index contributed by atoms with van der Waals surface area (Å²) >= 11 is 1.64. The minimum Gasteiger partial charge on any atom is -0.468 e. The van der Waals surface area contributed by atoms with Gasteiger partial charge in [-0.1, -0.05) is 6.42 Å². The van der Waals surface area contributed by atoms with E-state index in [1.54, 1.807) is 24.7 Å². The molecule has 168 valence electrons. The Morgan fingerprint density at radius 1 is 1.40 bits per heavy atom. The van der Waals surface area contributed by atoms with Gasteiger partial charge in [0.25, 0.3) is 0 Å². The average molecular weight is 548 g/mol. The maximum Gasteiger partial charge on any atom is 0.193 e. The van der Waals surface area contributed by atoms with Gasteiger partial charge in [-0.2, -0.15) is 0 Å². The number of piperidine rings is 1. The van der Waals surface area contributed by atoms with E-state index in [9.17, 15) is 0 Å². The van der Waals surface area contributed by atoms with Crippen molar-refractivity contribution in [3.8, 4) is 0 Å². The summed E-state index contributed by atoms with van der Waals surface area (Å²) in [6.45, 7) is 5.69. The molecule has 3 rings (SSSR count). The number of furan rings is 1. The van der Waals surface area contributed by atoms with Crippen LogP contribution in [0.15, 0.2) is 33.2 Å². The average Bonchev–Trinajstić information content (AvgIpc) is 3.43. The number of hydrogen-bond donors (Lipinski definition) is 1. The first-order valence-electron chi connectivity index (χ1n) is 10.3. The molecule has 2 aromatic rings. The summed E-state index contributed by atoms with van der Waals surface area (Å²) < 4.78 is 11.1. The number of nitrogens with zero attached hydrogens (tertiary/aromatic N) is 4. The number of thiazole rings is 1. The third kappa shape index (κ3) is 6.66. The highest BCUT2D eigenvalue weighted by Crippen LogP contribution is 2.25. The standard InChI is InChI=1S/C21H33N5O2S.HI/c1-16(27-4)20-24-17(15-29-20)14-25(3)21(22-2)23-13-18(19-9-8-12-28-19)26-10-6-5-7-11-26;/h8-9,12,15-16,18H,5-7,10-11,13-14H2,1-4H3,(H,22,23);1H. The Morgan fingerprint density at radius 3 is 2.80 bits per heavy atom. The fourth-order valence-electron chi connectivity index (χ4n) is 3.69. The molecule has 7 nitrogen and oxygen atoms in total. The largest absolute Gasteiger partial charge is 0.468 e. The lowest BCUT2D eigenvalue weighted by atomic mass is 10.1. The van der Waals surface area contributed by atoms with Crippen LogP contribution in [0.3, 0.4) is 0 Å². The van der Waals surface area contributed by atoms with Gasteiger partial charge in [0.15, 0.2) is 5.96 Å². The molecule has 1 N–H and O–H groups in total. The molecule has 9 heteroatoms. The van der Waals surface area contributed by atoms with Crippen molar-refractivity contribution >= 4 is 41.3 Å². The summed E-state index contributed by atoms with van der Waals surface area (Å²) in [5.74, 6) is 1.86. The second kappa shape index (κ2) is 12.6. The monoisotopic (exact) mass is 547 g/mol. The van der Waals surface area contributed by atoms with E-state index in [1.807, 2.05) is 27.1 Å². The van der Waals surface area contributed by atoms with Crippen LogP contribution in [-0.4, -0.2) is 61.6 Å². The van der Waals surface area contributed by atoms with Gasteiger partial charge in [-0.25, -0.2) is 4.98 Å². The highest BCUT2D eigenvalue weighted by molar-refractivity contribution is 14.0. The van der Waals surface area contributed by atoms with Gasteiger partial charge in [-0.05, 0) is 45.0 Å². The number of guanidine groups is 1. The second-order valence-corrected chi connectivity index (χ2v) is 8.36. The van der Waals surface area contributed by atoms with E-state index in [1.165, 1.54) is 19.3 Å². The van der Waals surface area contributed by atoms with Crippen LogP contribution in [0.5, 0.6) is 0 Å². The number of methoxy groups -OCH3 is 1. The fourth-order valence-corrected chi connectivity index (χ4v) is 4.54. The number of ether oxygens (including phenoxy) is 1. The lowest BCUT2D eigenvalue weighted by Crippen LogP contribution is -2.44. The van der Waals surface area contributed by atoms with E-state index in [2.05, 4.69) is 31.6 Å². The lowest BCUT2D eigenvalue weighted by molar-refractivity contribution is 0.119. The quantitative estimate of drug-likeness (QED) is 0.302. The predicted octanol–water partition coefficient (Wildman–Crippen LogP) is 4.30. The number of aliphatic imine (C=N–C) groups is 1. The van der Waals surface area contributed by atoms with Gasteiger partial charge in [0.1, 0.15) is 16.9 Å². The molecule has 2 aromatic heterocycles. The van der Waals surface area contributed by atoms with Crippen molar-refractivity contribution in [1.29, 1.82) is 0 Å². The van der Waals surface area contributed by atoms with E-state index in [4.69, 9.17) is 14.1 Å². The molecular weight excluding hydrogens is 513 g/mol. The Morgan fingerprint density at radius 2 is 2.17 bits per heavy atom. The summed E-state index contributed by atoms with van der Waals surface area (Å²) in [5, 5.41) is 6.63. The molecule has 0 amide bonds. The minimum absolute atomic E-state index is 0. The molecule has 0 aromatic carbocycles. The van der Waals surface area contributed by atoms with Crippen LogP contribution in [0, 0.1) is 0 Å². The smallest absolute Gasteiger partial charge is 0.193 e. The summed E-state index contributed by atoms with van der Waals surface area (Å²) in [6.07, 6.45) is 5.59. The summed E-state index contributed by atoms with van der Waals surface area (Å²) in [7, 11) is 5.57. The summed E-state index contributed by atoms with van der Waals surface area (Å²) in [4.78, 5) is 13.8. The van der Waals surface area contributed by atoms with Crippen LogP contribution < -0.4 is 5.32 Å². The molecule has 2 unspecified atom stereocenters. The molecule has 2 atom stereocenters. The Balaban J connectivity index is 0.00000320. The normalized spacial score (nSPS) is 17.3. The molecule has 30 heavy (non-hydrogen) atoms. The number of hydrogen-bond acceptors (Lipinski definition) is 6. The van der Waals surface area contributed by atoms with E-state index < -0.39 is 0 Å². The van der Waals surface area contributed by atoms with Crippen molar-refractivity contribution in [2.45, 2.75) is 44.9 Å².